The van der Waals surface area contributed by atoms with E-state index in [-0.39, 0.29) is 5.54 Å². The molecule has 1 aliphatic heterocycles. The Morgan fingerprint density at radius 3 is 2.40 bits per heavy atom. The van der Waals surface area contributed by atoms with Crippen molar-refractivity contribution < 1.29 is 4.79 Å². The number of rotatable bonds is 3. The second-order valence-corrected chi connectivity index (χ2v) is 10.3. The van der Waals surface area contributed by atoms with Gasteiger partial charge in [0.2, 0.25) is 5.91 Å². The lowest BCUT2D eigenvalue weighted by molar-refractivity contribution is -0.137. The van der Waals surface area contributed by atoms with Crippen LogP contribution in [0.4, 0.5) is 0 Å². The molecule has 4 heteroatoms. The molecule has 0 aromatic carbocycles. The van der Waals surface area contributed by atoms with Crippen molar-refractivity contribution >= 4 is 17.2 Å². The van der Waals surface area contributed by atoms with Gasteiger partial charge in [-0.1, -0.05) is 6.42 Å². The molecule has 4 rings (SSSR count). The van der Waals surface area contributed by atoms with Gasteiger partial charge in [0.15, 0.2) is 0 Å². The van der Waals surface area contributed by atoms with Gasteiger partial charge in [-0.15, -0.1) is 11.3 Å². The van der Waals surface area contributed by atoms with Crippen LogP contribution in [0.3, 0.4) is 0 Å². The third-order valence-corrected chi connectivity index (χ3v) is 8.59. The van der Waals surface area contributed by atoms with Crippen molar-refractivity contribution in [3.63, 3.8) is 0 Å². The fourth-order valence-corrected chi connectivity index (χ4v) is 6.43. The van der Waals surface area contributed by atoms with E-state index < -0.39 is 0 Å². The van der Waals surface area contributed by atoms with Gasteiger partial charge < -0.3 is 4.90 Å². The van der Waals surface area contributed by atoms with E-state index in [2.05, 4.69) is 43.0 Å². The van der Waals surface area contributed by atoms with E-state index in [0.717, 1.165) is 25.9 Å². The summed E-state index contributed by atoms with van der Waals surface area (Å²) in [5, 5.41) is 0. The number of carbonyl (C=O) groups is 1. The molecule has 2 saturated carbocycles. The van der Waals surface area contributed by atoms with Crippen molar-refractivity contribution in [1.82, 2.24) is 9.80 Å². The summed E-state index contributed by atoms with van der Waals surface area (Å²) in [6, 6.07) is 4.61. The molecular formula is C21H32N2OS. The van der Waals surface area contributed by atoms with E-state index >= 15 is 0 Å². The minimum absolute atomic E-state index is 0.204. The topological polar surface area (TPSA) is 23.6 Å². The van der Waals surface area contributed by atoms with Crippen molar-refractivity contribution in [2.75, 3.05) is 27.2 Å². The van der Waals surface area contributed by atoms with E-state index in [1.807, 2.05) is 11.3 Å². The van der Waals surface area contributed by atoms with Crippen LogP contribution in [0.5, 0.6) is 0 Å². The molecule has 1 aromatic heterocycles. The highest BCUT2D eigenvalue weighted by molar-refractivity contribution is 7.12. The number of carbonyl (C=O) groups excluding carboxylic acids is 1. The van der Waals surface area contributed by atoms with Crippen molar-refractivity contribution in [3.8, 4) is 0 Å². The first kappa shape index (κ1) is 17.5. The molecule has 25 heavy (non-hydrogen) atoms. The van der Waals surface area contributed by atoms with E-state index in [0.29, 0.717) is 17.2 Å². The molecular weight excluding hydrogens is 328 g/mol. The molecule has 138 valence electrons. The van der Waals surface area contributed by atoms with Crippen LogP contribution in [-0.2, 0) is 10.3 Å². The third-order valence-electron chi connectivity index (χ3n) is 7.40. The molecule has 0 unspecified atom stereocenters. The summed E-state index contributed by atoms with van der Waals surface area (Å²) in [4.78, 5) is 20.2. The average Bonchev–Trinajstić information content (AvgIpc) is 3.14. The van der Waals surface area contributed by atoms with E-state index in [4.69, 9.17) is 0 Å². The molecule has 0 radical (unpaired) electrons. The number of thiophene rings is 1. The summed E-state index contributed by atoms with van der Waals surface area (Å²) in [6.07, 6.45) is 9.71. The maximum absolute atomic E-state index is 12.6. The largest absolute Gasteiger partial charge is 0.342 e. The average molecular weight is 361 g/mol. The summed E-state index contributed by atoms with van der Waals surface area (Å²) >= 11 is 1.97. The van der Waals surface area contributed by atoms with Crippen molar-refractivity contribution in [1.29, 1.82) is 0 Å². The lowest BCUT2D eigenvalue weighted by Crippen LogP contribution is -2.47. The van der Waals surface area contributed by atoms with Gasteiger partial charge in [-0.2, -0.15) is 0 Å². The zero-order chi connectivity index (χ0) is 17.7. The number of hydrogen-bond acceptors (Lipinski definition) is 3. The molecule has 1 amide bonds. The molecule has 0 atom stereocenters. The lowest BCUT2D eigenvalue weighted by Gasteiger charge is -2.48. The first-order valence-corrected chi connectivity index (χ1v) is 10.8. The van der Waals surface area contributed by atoms with Gasteiger partial charge in [-0.25, -0.2) is 0 Å². The first-order valence-electron chi connectivity index (χ1n) is 9.97. The monoisotopic (exact) mass is 360 g/mol. The summed E-state index contributed by atoms with van der Waals surface area (Å²) in [6.45, 7) is 4.24. The van der Waals surface area contributed by atoms with Crippen molar-refractivity contribution in [3.05, 3.63) is 21.9 Å². The van der Waals surface area contributed by atoms with Gasteiger partial charge in [0.1, 0.15) is 0 Å². The van der Waals surface area contributed by atoms with Gasteiger partial charge in [-0.05, 0) is 83.5 Å². The van der Waals surface area contributed by atoms with Crippen LogP contribution in [-0.4, -0.2) is 42.9 Å². The van der Waals surface area contributed by atoms with Gasteiger partial charge in [-0.3, -0.25) is 9.69 Å². The molecule has 1 spiro atoms. The SMILES string of the molecule is Cc1ccc(C2(N(C)C)CCC3(CCN(C(=O)C4CCC4)C3)CC2)s1. The summed E-state index contributed by atoms with van der Waals surface area (Å²) < 4.78 is 0. The predicted octanol–water partition coefficient (Wildman–Crippen LogP) is 4.41. The fourth-order valence-electron chi connectivity index (χ4n) is 5.24. The van der Waals surface area contributed by atoms with Gasteiger partial charge in [0.25, 0.3) is 0 Å². The maximum atomic E-state index is 12.6. The van der Waals surface area contributed by atoms with Crippen LogP contribution in [0.15, 0.2) is 12.1 Å². The standard InChI is InChI=1S/C21H32N2OS/c1-16-7-8-18(25-16)21(22(2)3)11-9-20(10-12-21)13-14-23(15-20)19(24)17-5-4-6-17/h7-8,17H,4-6,9-15H2,1-3H3. The van der Waals surface area contributed by atoms with Crippen LogP contribution in [0.25, 0.3) is 0 Å². The Balaban J connectivity index is 1.46. The summed E-state index contributed by atoms with van der Waals surface area (Å²) in [5.74, 6) is 0.815. The number of aryl methyl sites for hydroxylation is 1. The zero-order valence-corrected chi connectivity index (χ0v) is 16.8. The number of nitrogens with zero attached hydrogens (tertiary/aromatic N) is 2. The minimum atomic E-state index is 0.204. The normalized spacial score (nSPS) is 33.2. The molecule has 3 aliphatic rings. The van der Waals surface area contributed by atoms with Crippen molar-refractivity contribution in [2.45, 2.75) is 63.8 Å². The second-order valence-electron chi connectivity index (χ2n) is 8.97. The lowest BCUT2D eigenvalue weighted by atomic mass is 9.66. The predicted molar refractivity (Wildman–Crippen MR) is 104 cm³/mol. The van der Waals surface area contributed by atoms with Gasteiger partial charge in [0, 0.05) is 28.8 Å². The Morgan fingerprint density at radius 2 is 1.88 bits per heavy atom. The van der Waals surface area contributed by atoms with Crippen LogP contribution in [0, 0.1) is 18.3 Å². The number of amides is 1. The fraction of sp³-hybridized carbons (Fsp3) is 0.762. The maximum Gasteiger partial charge on any atom is 0.225 e. The Bertz CT molecular complexity index is 638. The minimum Gasteiger partial charge on any atom is -0.342 e. The Morgan fingerprint density at radius 1 is 1.16 bits per heavy atom. The molecule has 1 saturated heterocycles. The molecule has 3 fully saturated rings. The van der Waals surface area contributed by atoms with E-state index in [1.165, 1.54) is 48.3 Å². The van der Waals surface area contributed by atoms with Crippen LogP contribution in [0.1, 0.15) is 61.1 Å². The highest BCUT2D eigenvalue weighted by atomic mass is 32.1. The highest BCUT2D eigenvalue weighted by Gasteiger charge is 2.49. The number of hydrogen-bond donors (Lipinski definition) is 0. The van der Waals surface area contributed by atoms with Crippen molar-refractivity contribution in [2.24, 2.45) is 11.3 Å². The quantitative estimate of drug-likeness (QED) is 0.797. The summed E-state index contributed by atoms with van der Waals surface area (Å²) in [5.41, 5.74) is 0.598. The zero-order valence-electron chi connectivity index (χ0n) is 16.0. The van der Waals surface area contributed by atoms with Gasteiger partial charge in [0.05, 0.1) is 5.54 Å². The molecule has 0 bridgehead atoms. The highest BCUT2D eigenvalue weighted by Crippen LogP contribution is 2.53. The smallest absolute Gasteiger partial charge is 0.225 e. The van der Waals surface area contributed by atoms with Crippen LogP contribution >= 0.6 is 11.3 Å². The van der Waals surface area contributed by atoms with E-state index in [9.17, 15) is 4.79 Å². The third kappa shape index (κ3) is 2.95. The molecule has 2 aliphatic carbocycles. The molecule has 1 aromatic rings. The van der Waals surface area contributed by atoms with E-state index in [1.54, 1.807) is 0 Å². The Labute approximate surface area is 156 Å². The molecule has 3 nitrogen and oxygen atoms in total. The number of likely N-dealkylation sites (tertiary alicyclic amines) is 1. The van der Waals surface area contributed by atoms with Crippen LogP contribution < -0.4 is 0 Å². The Hall–Kier alpha value is -0.870. The summed E-state index contributed by atoms with van der Waals surface area (Å²) in [7, 11) is 4.49. The van der Waals surface area contributed by atoms with Gasteiger partial charge >= 0.3 is 0 Å². The second kappa shape index (κ2) is 6.38. The first-order chi connectivity index (χ1) is 11.9. The Kier molecular flexibility index (Phi) is 4.48. The molecule has 2 heterocycles. The van der Waals surface area contributed by atoms with Crippen LogP contribution in [0.2, 0.25) is 0 Å². The molecule has 0 N–H and O–H groups in total.